The molecule has 0 saturated heterocycles. The maximum Gasteiger partial charge on any atom is 0.145 e. The second-order valence-electron chi connectivity index (χ2n) is 8.08. The predicted molar refractivity (Wildman–Crippen MR) is 105 cm³/mol. The first-order valence-corrected chi connectivity index (χ1v) is 9.59. The Kier molecular flexibility index (Phi) is 4.15. The summed E-state index contributed by atoms with van der Waals surface area (Å²) in [7, 11) is 0. The number of hydrogen-bond donors (Lipinski definition) is 1. The first-order valence-electron chi connectivity index (χ1n) is 9.59. The summed E-state index contributed by atoms with van der Waals surface area (Å²) >= 11 is 0. The van der Waals surface area contributed by atoms with Crippen LogP contribution in [0, 0.1) is 5.92 Å². The lowest BCUT2D eigenvalue weighted by Crippen LogP contribution is -2.31. The van der Waals surface area contributed by atoms with Gasteiger partial charge in [0.05, 0.1) is 5.52 Å². The number of carbonyl (C=O) groups excluding carboxylic acids is 1. The van der Waals surface area contributed by atoms with Gasteiger partial charge in [0, 0.05) is 16.5 Å². The van der Waals surface area contributed by atoms with E-state index >= 15 is 0 Å². The van der Waals surface area contributed by atoms with E-state index in [0.29, 0.717) is 5.92 Å². The van der Waals surface area contributed by atoms with Gasteiger partial charge in [0.2, 0.25) is 0 Å². The number of fused-ring (bicyclic) bond motifs is 3. The number of hydrogen-bond acceptors (Lipinski definition) is 2. The van der Waals surface area contributed by atoms with Crippen molar-refractivity contribution in [2.75, 3.05) is 0 Å². The van der Waals surface area contributed by atoms with Crippen LogP contribution in [0.2, 0.25) is 0 Å². The fraction of sp³-hybridized carbons (Fsp3) is 0.435. The van der Waals surface area contributed by atoms with Crippen molar-refractivity contribution in [1.29, 1.82) is 0 Å². The molecule has 3 heteroatoms. The minimum atomic E-state index is -0.488. The van der Waals surface area contributed by atoms with Gasteiger partial charge in [-0.1, -0.05) is 43.4 Å². The number of carbonyl (C=O) groups is 1. The van der Waals surface area contributed by atoms with Crippen molar-refractivity contribution >= 4 is 17.2 Å². The lowest BCUT2D eigenvalue weighted by atomic mass is 9.70. The van der Waals surface area contributed by atoms with Crippen LogP contribution in [0.3, 0.4) is 0 Å². The zero-order valence-electron chi connectivity index (χ0n) is 15.7. The van der Waals surface area contributed by atoms with Crippen molar-refractivity contribution in [2.45, 2.75) is 57.6 Å². The molecule has 1 aromatic carbocycles. The summed E-state index contributed by atoms with van der Waals surface area (Å²) in [6, 6.07) is 8.44. The standard InChI is InChI=1S/C23H27NO2/c1-15(14-25)7-6-8-17-13-19-18-9-4-5-10-20(18)24-21(26)12-11-16(2)23(17,3)22(19)24/h4-5,7,9-10,14,17,21,26H,2,6,8,11-13H2,1,3H3/b15-7+/t17?,21-,23?/m1/s1. The molecular formula is C23H27NO2. The predicted octanol–water partition coefficient (Wildman–Crippen LogP) is 4.84. The number of aliphatic hydroxyl groups excluding tert-OH is 1. The summed E-state index contributed by atoms with van der Waals surface area (Å²) in [5.74, 6) is 0.455. The molecule has 0 fully saturated rings. The van der Waals surface area contributed by atoms with Crippen LogP contribution in [0.5, 0.6) is 0 Å². The summed E-state index contributed by atoms with van der Waals surface area (Å²) in [6.07, 6.45) is 7.00. The van der Waals surface area contributed by atoms with E-state index in [1.165, 1.54) is 22.2 Å². The Hall–Kier alpha value is -2.13. The van der Waals surface area contributed by atoms with Crippen molar-refractivity contribution in [3.05, 3.63) is 59.3 Å². The summed E-state index contributed by atoms with van der Waals surface area (Å²) in [5.41, 5.74) is 5.71. The van der Waals surface area contributed by atoms with E-state index in [1.54, 1.807) is 0 Å². The van der Waals surface area contributed by atoms with Crippen LogP contribution in [0.25, 0.3) is 10.9 Å². The van der Waals surface area contributed by atoms with E-state index in [9.17, 15) is 9.90 Å². The molecule has 4 rings (SSSR count). The molecule has 2 aliphatic rings. The largest absolute Gasteiger partial charge is 0.373 e. The highest BCUT2D eigenvalue weighted by Gasteiger charge is 2.49. The van der Waals surface area contributed by atoms with Gasteiger partial charge in [0.1, 0.15) is 12.5 Å². The molecule has 2 heterocycles. The van der Waals surface area contributed by atoms with Crippen LogP contribution in [0.4, 0.5) is 0 Å². The minimum Gasteiger partial charge on any atom is -0.373 e. The first kappa shape index (κ1) is 17.3. The van der Waals surface area contributed by atoms with E-state index in [1.807, 2.05) is 13.0 Å². The Morgan fingerprint density at radius 3 is 2.96 bits per heavy atom. The van der Waals surface area contributed by atoms with Crippen molar-refractivity contribution in [3.63, 3.8) is 0 Å². The molecule has 0 amide bonds. The normalized spacial score (nSPS) is 28.3. The molecule has 1 aliphatic carbocycles. The highest BCUT2D eigenvalue weighted by molar-refractivity contribution is 5.87. The monoisotopic (exact) mass is 349 g/mol. The Balaban J connectivity index is 1.83. The molecule has 0 bridgehead atoms. The van der Waals surface area contributed by atoms with Crippen LogP contribution in [-0.2, 0) is 16.6 Å². The van der Waals surface area contributed by atoms with Crippen LogP contribution in [0.1, 0.15) is 57.0 Å². The summed E-state index contributed by atoms with van der Waals surface area (Å²) < 4.78 is 2.18. The average molecular weight is 349 g/mol. The van der Waals surface area contributed by atoms with Gasteiger partial charge in [-0.3, -0.25) is 4.79 Å². The van der Waals surface area contributed by atoms with Gasteiger partial charge in [0.25, 0.3) is 0 Å². The molecule has 0 saturated carbocycles. The van der Waals surface area contributed by atoms with Crippen molar-refractivity contribution in [2.24, 2.45) is 5.92 Å². The van der Waals surface area contributed by atoms with Crippen molar-refractivity contribution in [1.82, 2.24) is 4.57 Å². The highest BCUT2D eigenvalue weighted by atomic mass is 16.3. The number of benzene rings is 1. The fourth-order valence-electron chi connectivity index (χ4n) is 5.16. The first-order chi connectivity index (χ1) is 12.5. The van der Waals surface area contributed by atoms with Gasteiger partial charge in [-0.15, -0.1) is 0 Å². The van der Waals surface area contributed by atoms with Gasteiger partial charge in [-0.25, -0.2) is 0 Å². The Bertz CT molecular complexity index is 920. The lowest BCUT2D eigenvalue weighted by Gasteiger charge is -2.34. The highest BCUT2D eigenvalue weighted by Crippen LogP contribution is 2.55. The minimum absolute atomic E-state index is 0.116. The molecule has 1 aliphatic heterocycles. The van der Waals surface area contributed by atoms with Gasteiger partial charge in [0.15, 0.2) is 0 Å². The molecule has 2 aromatic rings. The second-order valence-corrected chi connectivity index (χ2v) is 8.08. The quantitative estimate of drug-likeness (QED) is 0.488. The molecule has 2 unspecified atom stereocenters. The van der Waals surface area contributed by atoms with Crippen LogP contribution in [0.15, 0.2) is 48.1 Å². The topological polar surface area (TPSA) is 42.2 Å². The number of para-hydroxylation sites is 1. The Labute approximate surface area is 155 Å². The lowest BCUT2D eigenvalue weighted by molar-refractivity contribution is -0.104. The summed E-state index contributed by atoms with van der Waals surface area (Å²) in [4.78, 5) is 10.9. The number of aldehydes is 1. The van der Waals surface area contributed by atoms with E-state index in [2.05, 4.69) is 42.3 Å². The molecule has 136 valence electrons. The zero-order valence-corrected chi connectivity index (χ0v) is 15.7. The maximum atomic E-state index is 10.9. The van der Waals surface area contributed by atoms with E-state index in [0.717, 1.165) is 49.5 Å². The SMILES string of the molecule is C=C1CC[C@@H](O)n2c3c(c4ccccc42)CC(CC/C=C(\C)C=O)C13C. The smallest absolute Gasteiger partial charge is 0.145 e. The molecule has 1 N–H and O–H groups in total. The third-order valence-corrected chi connectivity index (χ3v) is 6.68. The van der Waals surface area contributed by atoms with E-state index in [-0.39, 0.29) is 5.41 Å². The zero-order chi connectivity index (χ0) is 18.5. The molecule has 0 radical (unpaired) electrons. The van der Waals surface area contributed by atoms with Gasteiger partial charge in [-0.2, -0.15) is 0 Å². The van der Waals surface area contributed by atoms with E-state index in [4.69, 9.17) is 0 Å². The van der Waals surface area contributed by atoms with Crippen LogP contribution < -0.4 is 0 Å². The molecule has 3 nitrogen and oxygen atoms in total. The maximum absolute atomic E-state index is 10.9. The van der Waals surface area contributed by atoms with Gasteiger partial charge >= 0.3 is 0 Å². The molecular weight excluding hydrogens is 322 g/mol. The van der Waals surface area contributed by atoms with Crippen LogP contribution >= 0.6 is 0 Å². The molecule has 1 aromatic heterocycles. The number of nitrogens with zero attached hydrogens (tertiary/aromatic N) is 1. The molecule has 3 atom stereocenters. The molecule has 0 spiro atoms. The van der Waals surface area contributed by atoms with E-state index < -0.39 is 6.23 Å². The van der Waals surface area contributed by atoms with Gasteiger partial charge < -0.3 is 9.67 Å². The average Bonchev–Trinajstić information content (AvgIpc) is 3.09. The summed E-state index contributed by atoms with van der Waals surface area (Å²) in [6.45, 7) is 8.63. The van der Waals surface area contributed by atoms with Crippen molar-refractivity contribution < 1.29 is 9.90 Å². The molecule has 26 heavy (non-hydrogen) atoms. The van der Waals surface area contributed by atoms with Crippen LogP contribution in [-0.4, -0.2) is 16.0 Å². The third kappa shape index (κ3) is 2.34. The second kappa shape index (κ2) is 6.24. The third-order valence-electron chi connectivity index (χ3n) is 6.68. The number of rotatable bonds is 4. The summed E-state index contributed by atoms with van der Waals surface area (Å²) in [5, 5.41) is 12.1. The number of aliphatic hydroxyl groups is 1. The van der Waals surface area contributed by atoms with Crippen molar-refractivity contribution in [3.8, 4) is 0 Å². The fourth-order valence-corrected chi connectivity index (χ4v) is 5.16. The number of aromatic nitrogens is 1. The Morgan fingerprint density at radius 1 is 1.42 bits per heavy atom. The Morgan fingerprint density at radius 2 is 2.19 bits per heavy atom. The number of allylic oxidation sites excluding steroid dienone is 3. The van der Waals surface area contributed by atoms with Gasteiger partial charge in [-0.05, 0) is 62.1 Å².